The summed E-state index contributed by atoms with van der Waals surface area (Å²) < 4.78 is 19.7. The molecule has 1 saturated heterocycles. The molecule has 134 valence electrons. The zero-order valence-corrected chi connectivity index (χ0v) is 13.4. The van der Waals surface area contributed by atoms with Crippen LogP contribution in [0.1, 0.15) is 0 Å². The summed E-state index contributed by atoms with van der Waals surface area (Å²) in [5, 5.41) is 4.98. The van der Waals surface area contributed by atoms with Crippen molar-refractivity contribution >= 4 is 23.8 Å². The van der Waals surface area contributed by atoms with E-state index in [-0.39, 0.29) is 13.1 Å². The molecule has 1 atom stereocenters. The van der Waals surface area contributed by atoms with Crippen molar-refractivity contribution in [3.63, 3.8) is 0 Å². The molecule has 0 aliphatic carbocycles. The first kappa shape index (κ1) is 16.8. The number of carbonyl (C=O) groups excluding carboxylic acids is 1. The van der Waals surface area contributed by atoms with Crippen molar-refractivity contribution in [2.24, 2.45) is 16.7 Å². The van der Waals surface area contributed by atoms with Crippen molar-refractivity contribution in [1.82, 2.24) is 5.01 Å². The number of oxime groups is 1. The highest BCUT2D eigenvalue weighted by Gasteiger charge is 2.33. The Balaban J connectivity index is 1.71. The molecule has 1 aromatic rings. The third-order valence-corrected chi connectivity index (χ3v) is 3.80. The minimum Gasteiger partial charge on any atom is -0.442 e. The van der Waals surface area contributed by atoms with Crippen LogP contribution in [0.4, 0.5) is 20.6 Å². The Hall–Kier alpha value is -3.01. The molecule has 2 heterocycles. The molecule has 2 aliphatic rings. The monoisotopic (exact) mass is 350 g/mol. The normalized spacial score (nSPS) is 20.1. The van der Waals surface area contributed by atoms with Crippen LogP contribution < -0.4 is 21.4 Å². The van der Waals surface area contributed by atoms with Gasteiger partial charge in [-0.3, -0.25) is 4.90 Å². The largest absolute Gasteiger partial charge is 0.442 e. The van der Waals surface area contributed by atoms with Crippen LogP contribution in [0.25, 0.3) is 0 Å². The predicted molar refractivity (Wildman–Crippen MR) is 90.0 cm³/mol. The molecule has 1 amide bonds. The number of halogens is 1. The first-order chi connectivity index (χ1) is 12.1. The molecule has 25 heavy (non-hydrogen) atoms. The van der Waals surface area contributed by atoms with Crippen molar-refractivity contribution in [1.29, 1.82) is 0 Å². The number of hydrogen-bond acceptors (Lipinski definition) is 8. The maximum absolute atomic E-state index is 14.4. The number of benzene rings is 1. The molecule has 0 bridgehead atoms. The van der Waals surface area contributed by atoms with Gasteiger partial charge in [0.15, 0.2) is 0 Å². The van der Waals surface area contributed by atoms with Crippen molar-refractivity contribution in [2.75, 3.05) is 36.0 Å². The van der Waals surface area contributed by atoms with Crippen LogP contribution >= 0.6 is 0 Å². The number of cyclic esters (lactones) is 1. The molecule has 9 nitrogen and oxygen atoms in total. The highest BCUT2D eigenvalue weighted by molar-refractivity contribution is 5.90. The van der Waals surface area contributed by atoms with Gasteiger partial charge >= 0.3 is 6.09 Å². The SMILES string of the molecule is N/C=C\N(N)CC1CN(c2ccc(N3C=NOCC3)c(F)c2)C(=O)O1. The van der Waals surface area contributed by atoms with Crippen LogP contribution in [0.5, 0.6) is 0 Å². The Morgan fingerprint density at radius 1 is 1.48 bits per heavy atom. The number of carbonyl (C=O) groups is 1. The van der Waals surface area contributed by atoms with Gasteiger partial charge in [0.1, 0.15) is 24.9 Å². The van der Waals surface area contributed by atoms with E-state index in [2.05, 4.69) is 5.16 Å². The van der Waals surface area contributed by atoms with Gasteiger partial charge < -0.3 is 25.2 Å². The smallest absolute Gasteiger partial charge is 0.414 e. The van der Waals surface area contributed by atoms with Gasteiger partial charge in [-0.15, -0.1) is 0 Å². The molecule has 2 aliphatic heterocycles. The predicted octanol–water partition coefficient (Wildman–Crippen LogP) is 0.536. The Morgan fingerprint density at radius 3 is 3.00 bits per heavy atom. The lowest BCUT2D eigenvalue weighted by Gasteiger charge is -2.23. The summed E-state index contributed by atoms with van der Waals surface area (Å²) >= 11 is 0. The fraction of sp³-hybridized carbons (Fsp3) is 0.333. The zero-order valence-electron chi connectivity index (χ0n) is 13.4. The standard InChI is InChI=1S/C15H19FN6O3/c16-13-7-11(1-2-14(13)20-5-6-24-19-10-20)22-9-12(25-15(22)23)8-21(18)4-3-17/h1-4,7,10,12H,5-6,8-9,17-18H2/b4-3-. The third-order valence-electron chi connectivity index (χ3n) is 3.80. The lowest BCUT2D eigenvalue weighted by atomic mass is 10.2. The zero-order chi connectivity index (χ0) is 17.8. The fourth-order valence-corrected chi connectivity index (χ4v) is 2.65. The van der Waals surface area contributed by atoms with E-state index in [0.29, 0.717) is 24.5 Å². The average molecular weight is 350 g/mol. The molecule has 10 heteroatoms. The van der Waals surface area contributed by atoms with Gasteiger partial charge in [0, 0.05) is 12.4 Å². The number of hydrogen-bond donors (Lipinski definition) is 2. The summed E-state index contributed by atoms with van der Waals surface area (Å²) in [6.45, 7) is 1.42. The summed E-state index contributed by atoms with van der Waals surface area (Å²) in [5.74, 6) is 5.22. The molecule has 1 fully saturated rings. The number of rotatable bonds is 5. The maximum Gasteiger partial charge on any atom is 0.414 e. The van der Waals surface area contributed by atoms with Gasteiger partial charge in [0.25, 0.3) is 0 Å². The van der Waals surface area contributed by atoms with Crippen LogP contribution in [0.15, 0.2) is 35.8 Å². The first-order valence-electron chi connectivity index (χ1n) is 7.68. The molecule has 3 rings (SSSR count). The summed E-state index contributed by atoms with van der Waals surface area (Å²) in [6, 6.07) is 4.54. The second kappa shape index (κ2) is 7.26. The number of nitrogens with zero attached hydrogens (tertiary/aromatic N) is 4. The maximum atomic E-state index is 14.4. The lowest BCUT2D eigenvalue weighted by Crippen LogP contribution is -2.36. The van der Waals surface area contributed by atoms with Crippen molar-refractivity contribution < 1.29 is 18.8 Å². The molecule has 0 saturated carbocycles. The summed E-state index contributed by atoms with van der Waals surface area (Å²) in [4.78, 5) is 19.9. The Bertz CT molecular complexity index is 698. The fourth-order valence-electron chi connectivity index (χ4n) is 2.65. The molecule has 1 aromatic carbocycles. The van der Waals surface area contributed by atoms with Crippen LogP contribution in [-0.2, 0) is 9.57 Å². The highest BCUT2D eigenvalue weighted by Crippen LogP contribution is 2.28. The first-order valence-corrected chi connectivity index (χ1v) is 7.68. The van der Waals surface area contributed by atoms with Crippen molar-refractivity contribution in [2.45, 2.75) is 6.10 Å². The van der Waals surface area contributed by atoms with E-state index in [1.807, 2.05) is 0 Å². The van der Waals surface area contributed by atoms with Gasteiger partial charge in [-0.25, -0.2) is 15.0 Å². The van der Waals surface area contributed by atoms with E-state index in [4.69, 9.17) is 21.2 Å². The van der Waals surface area contributed by atoms with Gasteiger partial charge in [-0.1, -0.05) is 5.16 Å². The van der Waals surface area contributed by atoms with Gasteiger partial charge in [0.05, 0.1) is 31.0 Å². The van der Waals surface area contributed by atoms with Gasteiger partial charge in [-0.05, 0) is 18.2 Å². The van der Waals surface area contributed by atoms with E-state index >= 15 is 0 Å². The highest BCUT2D eigenvalue weighted by atomic mass is 19.1. The van der Waals surface area contributed by atoms with Gasteiger partial charge in [0.2, 0.25) is 0 Å². The second-order valence-corrected chi connectivity index (χ2v) is 5.54. The van der Waals surface area contributed by atoms with E-state index in [1.54, 1.807) is 17.0 Å². The molecular formula is C15H19FN6O3. The van der Waals surface area contributed by atoms with E-state index in [0.717, 1.165) is 0 Å². The van der Waals surface area contributed by atoms with E-state index in [9.17, 15) is 9.18 Å². The number of ether oxygens (including phenoxy) is 1. The Morgan fingerprint density at radius 2 is 2.32 bits per heavy atom. The summed E-state index contributed by atoms with van der Waals surface area (Å²) in [5.41, 5.74) is 6.03. The number of anilines is 2. The molecule has 0 radical (unpaired) electrons. The van der Waals surface area contributed by atoms with Crippen molar-refractivity contribution in [3.8, 4) is 0 Å². The Kier molecular flexibility index (Phi) is 4.89. The van der Waals surface area contributed by atoms with Crippen LogP contribution in [-0.4, -0.2) is 49.8 Å². The quantitative estimate of drug-likeness (QED) is 0.589. The number of nitrogens with two attached hydrogens (primary N) is 2. The van der Waals surface area contributed by atoms with Crippen molar-refractivity contribution in [3.05, 3.63) is 36.4 Å². The van der Waals surface area contributed by atoms with Crippen LogP contribution in [0.2, 0.25) is 0 Å². The Labute approximate surface area is 143 Å². The number of hydrazine groups is 1. The summed E-state index contributed by atoms with van der Waals surface area (Å²) in [7, 11) is 0. The minimum atomic E-state index is -0.546. The molecular weight excluding hydrogens is 331 g/mol. The molecule has 4 N–H and O–H groups in total. The molecule has 1 unspecified atom stereocenters. The molecule has 0 aromatic heterocycles. The lowest BCUT2D eigenvalue weighted by molar-refractivity contribution is 0.122. The molecule has 0 spiro atoms. The van der Waals surface area contributed by atoms with E-state index < -0.39 is 18.0 Å². The van der Waals surface area contributed by atoms with Crippen LogP contribution in [0.3, 0.4) is 0 Å². The number of amides is 1. The third kappa shape index (κ3) is 3.74. The van der Waals surface area contributed by atoms with Crippen LogP contribution in [0, 0.1) is 5.82 Å². The summed E-state index contributed by atoms with van der Waals surface area (Å²) in [6.07, 6.45) is 3.19. The minimum absolute atomic E-state index is 0.267. The topological polar surface area (TPSA) is 110 Å². The van der Waals surface area contributed by atoms with Gasteiger partial charge in [-0.2, -0.15) is 0 Å². The second-order valence-electron chi connectivity index (χ2n) is 5.54. The average Bonchev–Trinajstić information content (AvgIpc) is 2.96. The van der Waals surface area contributed by atoms with E-state index in [1.165, 1.54) is 34.7 Å².